The molecule has 0 aromatic heterocycles. The zero-order valence-corrected chi connectivity index (χ0v) is 13.5. The lowest BCUT2D eigenvalue weighted by molar-refractivity contribution is -0.0104. The van der Waals surface area contributed by atoms with Crippen LogP contribution in [0.2, 0.25) is 0 Å². The average Bonchev–Trinajstić information content (AvgIpc) is 2.24. The molecule has 0 saturated heterocycles. The third-order valence-electron chi connectivity index (χ3n) is 3.46. The first kappa shape index (κ1) is 18.0. The SMILES string of the molecule is C=CCNC(=O)O[C@](C)(CC(C)C)C[C@@H](C)C(C)C. The van der Waals surface area contributed by atoms with Crippen molar-refractivity contribution < 1.29 is 9.53 Å². The van der Waals surface area contributed by atoms with Gasteiger partial charge in [-0.1, -0.05) is 40.7 Å². The summed E-state index contributed by atoms with van der Waals surface area (Å²) in [6, 6.07) is 0. The fourth-order valence-corrected chi connectivity index (χ4v) is 2.36. The molecular weight excluding hydrogens is 238 g/mol. The van der Waals surface area contributed by atoms with Crippen molar-refractivity contribution in [2.24, 2.45) is 17.8 Å². The quantitative estimate of drug-likeness (QED) is 0.664. The van der Waals surface area contributed by atoms with Gasteiger partial charge in [0, 0.05) is 6.54 Å². The van der Waals surface area contributed by atoms with E-state index >= 15 is 0 Å². The van der Waals surface area contributed by atoms with Crippen LogP contribution in [0.25, 0.3) is 0 Å². The monoisotopic (exact) mass is 269 g/mol. The lowest BCUT2D eigenvalue weighted by Gasteiger charge is -2.34. The molecule has 0 aliphatic carbocycles. The Morgan fingerprint density at radius 2 is 1.84 bits per heavy atom. The van der Waals surface area contributed by atoms with Crippen molar-refractivity contribution in [3.63, 3.8) is 0 Å². The zero-order chi connectivity index (χ0) is 15.1. The van der Waals surface area contributed by atoms with E-state index in [1.807, 2.05) is 6.92 Å². The van der Waals surface area contributed by atoms with Crippen LogP contribution < -0.4 is 5.32 Å². The maximum Gasteiger partial charge on any atom is 0.407 e. The van der Waals surface area contributed by atoms with Crippen LogP contribution in [0.3, 0.4) is 0 Å². The van der Waals surface area contributed by atoms with Crippen molar-refractivity contribution in [1.29, 1.82) is 0 Å². The van der Waals surface area contributed by atoms with Crippen molar-refractivity contribution >= 4 is 6.09 Å². The highest BCUT2D eigenvalue weighted by Gasteiger charge is 2.32. The summed E-state index contributed by atoms with van der Waals surface area (Å²) in [7, 11) is 0. The van der Waals surface area contributed by atoms with Crippen LogP contribution in [0.5, 0.6) is 0 Å². The number of rotatable bonds is 8. The van der Waals surface area contributed by atoms with Crippen molar-refractivity contribution in [2.75, 3.05) is 6.54 Å². The molecular formula is C16H31NO2. The number of alkyl carbamates (subject to hydrolysis) is 1. The molecule has 2 atom stereocenters. The van der Waals surface area contributed by atoms with Gasteiger partial charge in [-0.3, -0.25) is 0 Å². The highest BCUT2D eigenvalue weighted by atomic mass is 16.6. The summed E-state index contributed by atoms with van der Waals surface area (Å²) < 4.78 is 5.67. The van der Waals surface area contributed by atoms with E-state index in [9.17, 15) is 4.79 Å². The molecule has 1 N–H and O–H groups in total. The molecule has 19 heavy (non-hydrogen) atoms. The van der Waals surface area contributed by atoms with E-state index < -0.39 is 5.60 Å². The van der Waals surface area contributed by atoms with Crippen molar-refractivity contribution in [3.8, 4) is 0 Å². The molecule has 3 heteroatoms. The maximum atomic E-state index is 11.8. The topological polar surface area (TPSA) is 38.3 Å². The van der Waals surface area contributed by atoms with Gasteiger partial charge >= 0.3 is 6.09 Å². The number of carbonyl (C=O) groups is 1. The van der Waals surface area contributed by atoms with Crippen LogP contribution in [0.4, 0.5) is 4.79 Å². The van der Waals surface area contributed by atoms with Crippen LogP contribution in [-0.2, 0) is 4.74 Å². The van der Waals surface area contributed by atoms with Gasteiger partial charge in [-0.15, -0.1) is 6.58 Å². The van der Waals surface area contributed by atoms with E-state index in [2.05, 4.69) is 46.5 Å². The maximum absolute atomic E-state index is 11.8. The van der Waals surface area contributed by atoms with Gasteiger partial charge < -0.3 is 10.1 Å². The van der Waals surface area contributed by atoms with Gasteiger partial charge in [0.05, 0.1) is 0 Å². The molecule has 0 spiro atoms. The second-order valence-corrected chi connectivity index (χ2v) is 6.53. The molecule has 0 aromatic rings. The van der Waals surface area contributed by atoms with E-state index in [0.29, 0.717) is 24.3 Å². The Bertz CT molecular complexity index is 286. The minimum absolute atomic E-state index is 0.348. The first-order valence-corrected chi connectivity index (χ1v) is 7.28. The Balaban J connectivity index is 4.66. The molecule has 0 bridgehead atoms. The van der Waals surface area contributed by atoms with E-state index in [1.54, 1.807) is 6.08 Å². The van der Waals surface area contributed by atoms with Crippen molar-refractivity contribution in [1.82, 2.24) is 5.32 Å². The number of amides is 1. The average molecular weight is 269 g/mol. The number of hydrogen-bond donors (Lipinski definition) is 1. The third-order valence-corrected chi connectivity index (χ3v) is 3.46. The fourth-order valence-electron chi connectivity index (χ4n) is 2.36. The van der Waals surface area contributed by atoms with Gasteiger partial charge in [-0.2, -0.15) is 0 Å². The largest absolute Gasteiger partial charge is 0.443 e. The summed E-state index contributed by atoms with van der Waals surface area (Å²) in [4.78, 5) is 11.8. The highest BCUT2D eigenvalue weighted by molar-refractivity contribution is 5.67. The van der Waals surface area contributed by atoms with Gasteiger partial charge in [0.1, 0.15) is 5.60 Å². The summed E-state index contributed by atoms with van der Waals surface area (Å²) in [5, 5.41) is 2.68. The summed E-state index contributed by atoms with van der Waals surface area (Å²) in [5.74, 6) is 1.61. The van der Waals surface area contributed by atoms with Gasteiger partial charge in [0.25, 0.3) is 0 Å². The zero-order valence-electron chi connectivity index (χ0n) is 13.5. The number of nitrogens with one attached hydrogen (secondary N) is 1. The Labute approximate surface area is 118 Å². The fraction of sp³-hybridized carbons (Fsp3) is 0.812. The Morgan fingerprint density at radius 1 is 1.26 bits per heavy atom. The molecule has 0 saturated carbocycles. The van der Waals surface area contributed by atoms with Gasteiger partial charge in [0.15, 0.2) is 0 Å². The lowest BCUT2D eigenvalue weighted by atomic mass is 9.81. The number of carbonyl (C=O) groups excluding carboxylic acids is 1. The Hall–Kier alpha value is -0.990. The summed E-state index contributed by atoms with van der Waals surface area (Å²) in [5.41, 5.74) is -0.400. The normalized spacial score (nSPS) is 16.0. The number of ether oxygens (including phenoxy) is 1. The summed E-state index contributed by atoms with van der Waals surface area (Å²) in [6.07, 6.45) is 3.08. The minimum Gasteiger partial charge on any atom is -0.443 e. The standard InChI is InChI=1S/C16H31NO2/c1-8-9-17-15(18)19-16(7,10-12(2)3)11-14(6)13(4)5/h8,12-14H,1,9-11H2,2-7H3,(H,17,18)/t14-,16-/m1/s1. The molecule has 0 aliphatic heterocycles. The van der Waals surface area contributed by atoms with Crippen LogP contribution in [-0.4, -0.2) is 18.2 Å². The molecule has 0 radical (unpaired) electrons. The molecule has 0 heterocycles. The van der Waals surface area contributed by atoms with Crippen LogP contribution in [0.15, 0.2) is 12.7 Å². The van der Waals surface area contributed by atoms with Gasteiger partial charge in [-0.05, 0) is 37.5 Å². The summed E-state index contributed by atoms with van der Waals surface area (Å²) in [6.45, 7) is 17.0. The molecule has 0 fully saturated rings. The second kappa shape index (κ2) is 8.23. The van der Waals surface area contributed by atoms with Crippen LogP contribution in [0, 0.1) is 17.8 Å². The van der Waals surface area contributed by atoms with Crippen LogP contribution in [0.1, 0.15) is 54.4 Å². The van der Waals surface area contributed by atoms with Gasteiger partial charge in [0.2, 0.25) is 0 Å². The molecule has 112 valence electrons. The molecule has 0 aliphatic rings. The first-order valence-electron chi connectivity index (χ1n) is 7.28. The molecule has 3 nitrogen and oxygen atoms in total. The van der Waals surface area contributed by atoms with Crippen LogP contribution >= 0.6 is 0 Å². The second-order valence-electron chi connectivity index (χ2n) is 6.53. The highest BCUT2D eigenvalue weighted by Crippen LogP contribution is 2.31. The number of hydrogen-bond acceptors (Lipinski definition) is 2. The molecule has 1 amide bonds. The van der Waals surface area contributed by atoms with E-state index in [-0.39, 0.29) is 6.09 Å². The smallest absolute Gasteiger partial charge is 0.407 e. The lowest BCUT2D eigenvalue weighted by Crippen LogP contribution is -2.39. The Morgan fingerprint density at radius 3 is 2.26 bits per heavy atom. The minimum atomic E-state index is -0.400. The molecule has 0 aromatic carbocycles. The predicted octanol–water partition coefficient (Wildman–Crippen LogP) is 4.39. The van der Waals surface area contributed by atoms with E-state index in [0.717, 1.165) is 12.8 Å². The van der Waals surface area contributed by atoms with Crippen molar-refractivity contribution in [3.05, 3.63) is 12.7 Å². The molecule has 0 rings (SSSR count). The Kier molecular flexibility index (Phi) is 7.81. The third kappa shape index (κ3) is 7.91. The van der Waals surface area contributed by atoms with E-state index in [4.69, 9.17) is 4.74 Å². The first-order chi connectivity index (χ1) is 8.70. The molecule has 0 unspecified atom stereocenters. The van der Waals surface area contributed by atoms with Gasteiger partial charge in [-0.25, -0.2) is 4.79 Å². The van der Waals surface area contributed by atoms with E-state index in [1.165, 1.54) is 0 Å². The van der Waals surface area contributed by atoms with Crippen molar-refractivity contribution in [2.45, 2.75) is 60.0 Å². The predicted molar refractivity (Wildman–Crippen MR) is 81.2 cm³/mol. The summed E-state index contributed by atoms with van der Waals surface area (Å²) >= 11 is 0.